The monoisotopic (exact) mass is 486 g/mol. The predicted octanol–water partition coefficient (Wildman–Crippen LogP) is 6.22. The highest BCUT2D eigenvalue weighted by Gasteiger charge is 2.47. The summed E-state index contributed by atoms with van der Waals surface area (Å²) in [5.41, 5.74) is 1.93. The zero-order valence-corrected chi connectivity index (χ0v) is 20.7. The third-order valence-electron chi connectivity index (χ3n) is 7.19. The summed E-state index contributed by atoms with van der Waals surface area (Å²) in [6, 6.07) is 6.37. The molecule has 2 heterocycles. The molecule has 1 saturated carbocycles. The maximum absolute atomic E-state index is 12.5. The molecule has 6 nitrogen and oxygen atoms in total. The molecule has 1 spiro atoms. The molecule has 0 bridgehead atoms. The number of halogens is 1. The molecule has 3 fully saturated rings. The number of anilines is 1. The Morgan fingerprint density at radius 1 is 1.24 bits per heavy atom. The van der Waals surface area contributed by atoms with Crippen molar-refractivity contribution in [2.75, 3.05) is 31.1 Å². The van der Waals surface area contributed by atoms with Crippen molar-refractivity contribution in [1.29, 1.82) is 0 Å². The van der Waals surface area contributed by atoms with Crippen LogP contribution < -0.4 is 4.90 Å². The largest absolute Gasteiger partial charge is 0.478 e. The second-order valence-corrected chi connectivity index (χ2v) is 10.2. The Bertz CT molecular complexity index is 944. The molecular formula is C27H35ClN2O4. The molecule has 34 heavy (non-hydrogen) atoms. The third-order valence-corrected chi connectivity index (χ3v) is 7.46. The van der Waals surface area contributed by atoms with Crippen LogP contribution in [0.3, 0.4) is 0 Å². The van der Waals surface area contributed by atoms with Gasteiger partial charge in [0.2, 0.25) is 0 Å². The summed E-state index contributed by atoms with van der Waals surface area (Å²) in [5, 5.41) is 9.94. The third kappa shape index (κ3) is 6.22. The SMILES string of the molecule is CCCCC(=CC(Cl)=CCCN1CCC2(CC1)CN(c1ccc(C(=O)O)cc1)C(=O)O2)C1CC1. The quantitative estimate of drug-likeness (QED) is 0.398. The number of carboxylic acid groups (broad SMARTS) is 1. The van der Waals surface area contributed by atoms with Gasteiger partial charge in [0.05, 0.1) is 12.1 Å². The molecule has 0 radical (unpaired) electrons. The Morgan fingerprint density at radius 2 is 1.94 bits per heavy atom. The maximum atomic E-state index is 12.5. The van der Waals surface area contributed by atoms with E-state index >= 15 is 0 Å². The van der Waals surface area contributed by atoms with E-state index in [1.807, 2.05) is 0 Å². The molecule has 0 atom stereocenters. The number of carbonyl (C=O) groups is 2. The minimum atomic E-state index is -0.980. The van der Waals surface area contributed by atoms with Crippen molar-refractivity contribution in [3.05, 3.63) is 52.6 Å². The van der Waals surface area contributed by atoms with Crippen LogP contribution in [0.15, 0.2) is 47.0 Å². The lowest BCUT2D eigenvalue weighted by Crippen LogP contribution is -2.47. The highest BCUT2D eigenvalue weighted by molar-refractivity contribution is 6.31. The smallest absolute Gasteiger partial charge is 0.415 e. The van der Waals surface area contributed by atoms with Crippen LogP contribution in [-0.2, 0) is 4.74 Å². The Balaban J connectivity index is 1.25. The van der Waals surface area contributed by atoms with Crippen LogP contribution in [0.5, 0.6) is 0 Å². The lowest BCUT2D eigenvalue weighted by molar-refractivity contribution is 0.00139. The van der Waals surface area contributed by atoms with E-state index in [0.29, 0.717) is 12.2 Å². The first-order valence-corrected chi connectivity index (χ1v) is 12.9. The van der Waals surface area contributed by atoms with E-state index in [1.165, 1.54) is 49.8 Å². The van der Waals surface area contributed by atoms with Gasteiger partial charge in [-0.1, -0.05) is 36.6 Å². The Hall–Kier alpha value is -2.31. The molecule has 1 aromatic carbocycles. The molecule has 1 N–H and O–H groups in total. The van der Waals surface area contributed by atoms with Gasteiger partial charge in [0.15, 0.2) is 0 Å². The van der Waals surface area contributed by atoms with Gasteiger partial charge in [-0.2, -0.15) is 0 Å². The topological polar surface area (TPSA) is 70.1 Å². The fourth-order valence-corrected chi connectivity index (χ4v) is 5.15. The first-order chi connectivity index (χ1) is 16.4. The van der Waals surface area contributed by atoms with Crippen molar-refractivity contribution in [2.45, 2.75) is 63.9 Å². The van der Waals surface area contributed by atoms with Crippen molar-refractivity contribution in [2.24, 2.45) is 5.92 Å². The zero-order valence-electron chi connectivity index (χ0n) is 20.0. The summed E-state index contributed by atoms with van der Waals surface area (Å²) >= 11 is 6.53. The molecule has 0 aromatic heterocycles. The summed E-state index contributed by atoms with van der Waals surface area (Å²) in [4.78, 5) is 27.6. The van der Waals surface area contributed by atoms with Gasteiger partial charge >= 0.3 is 12.1 Å². The molecule has 1 aliphatic carbocycles. The number of unbranched alkanes of at least 4 members (excludes halogenated alkanes) is 1. The summed E-state index contributed by atoms with van der Waals surface area (Å²) in [6.07, 6.45) is 12.7. The molecule has 3 aliphatic rings. The van der Waals surface area contributed by atoms with Crippen LogP contribution in [0.4, 0.5) is 10.5 Å². The van der Waals surface area contributed by atoms with Gasteiger partial charge in [0.25, 0.3) is 0 Å². The van der Waals surface area contributed by atoms with Gasteiger partial charge < -0.3 is 14.7 Å². The second-order valence-electron chi connectivity index (χ2n) is 9.81. The maximum Gasteiger partial charge on any atom is 0.415 e. The molecule has 0 unspecified atom stereocenters. The van der Waals surface area contributed by atoms with Crippen molar-refractivity contribution in [3.63, 3.8) is 0 Å². The highest BCUT2D eigenvalue weighted by atomic mass is 35.5. The van der Waals surface area contributed by atoms with Crippen LogP contribution >= 0.6 is 11.6 Å². The number of rotatable bonds is 10. The van der Waals surface area contributed by atoms with Gasteiger partial charge in [0, 0.05) is 43.2 Å². The number of piperidine rings is 1. The normalized spacial score (nSPS) is 21.2. The van der Waals surface area contributed by atoms with E-state index < -0.39 is 11.6 Å². The van der Waals surface area contributed by atoms with Crippen molar-refractivity contribution in [3.8, 4) is 0 Å². The zero-order chi connectivity index (χ0) is 24.1. The van der Waals surface area contributed by atoms with E-state index in [-0.39, 0.29) is 11.7 Å². The first kappa shape index (κ1) is 24.8. The number of likely N-dealkylation sites (tertiary alicyclic amines) is 1. The van der Waals surface area contributed by atoms with Crippen molar-refractivity contribution < 1.29 is 19.4 Å². The number of allylic oxidation sites excluding steroid dienone is 3. The number of amides is 1. The standard InChI is InChI=1S/C27H35ClN2O4/c1-2-3-5-22(20-7-8-20)18-23(28)6-4-15-29-16-13-27(14-17-29)19-30(26(33)34-27)24-11-9-21(10-12-24)25(31)32/h6,9-12,18,20H,2-5,7-8,13-17,19H2,1H3,(H,31,32). The number of hydrogen-bond acceptors (Lipinski definition) is 4. The van der Waals surface area contributed by atoms with Crippen LogP contribution in [0.2, 0.25) is 0 Å². The summed E-state index contributed by atoms with van der Waals surface area (Å²) < 4.78 is 5.83. The molecule has 184 valence electrons. The predicted molar refractivity (Wildman–Crippen MR) is 135 cm³/mol. The lowest BCUT2D eigenvalue weighted by Gasteiger charge is -2.37. The minimum absolute atomic E-state index is 0.203. The number of carboxylic acids is 1. The van der Waals surface area contributed by atoms with E-state index in [4.69, 9.17) is 21.4 Å². The number of nitrogens with zero attached hydrogens (tertiary/aromatic N) is 2. The summed E-state index contributed by atoms with van der Waals surface area (Å²) in [6.45, 7) is 5.44. The summed E-state index contributed by atoms with van der Waals surface area (Å²) in [5.74, 6) is -0.220. The summed E-state index contributed by atoms with van der Waals surface area (Å²) in [7, 11) is 0. The van der Waals surface area contributed by atoms with Gasteiger partial charge in [-0.3, -0.25) is 4.90 Å². The van der Waals surface area contributed by atoms with Crippen LogP contribution in [0.1, 0.15) is 68.6 Å². The fourth-order valence-electron chi connectivity index (χ4n) is 4.90. The van der Waals surface area contributed by atoms with E-state index in [2.05, 4.69) is 24.0 Å². The lowest BCUT2D eigenvalue weighted by atomic mass is 9.91. The molecule has 2 aliphatic heterocycles. The van der Waals surface area contributed by atoms with Gasteiger partial charge in [-0.05, 0) is 68.4 Å². The van der Waals surface area contributed by atoms with E-state index in [0.717, 1.165) is 49.8 Å². The number of ether oxygens (including phenoxy) is 1. The number of aromatic carboxylic acids is 1. The first-order valence-electron chi connectivity index (χ1n) is 12.5. The van der Waals surface area contributed by atoms with Gasteiger partial charge in [-0.15, -0.1) is 0 Å². The van der Waals surface area contributed by atoms with Crippen LogP contribution in [0, 0.1) is 5.92 Å². The second kappa shape index (κ2) is 11.0. The molecule has 4 rings (SSSR count). The number of carbonyl (C=O) groups excluding carboxylic acids is 1. The minimum Gasteiger partial charge on any atom is -0.478 e. The molecule has 1 aromatic rings. The molecule has 7 heteroatoms. The fraction of sp³-hybridized carbons (Fsp3) is 0.556. The molecule has 1 amide bonds. The van der Waals surface area contributed by atoms with Gasteiger partial charge in [-0.25, -0.2) is 9.59 Å². The van der Waals surface area contributed by atoms with E-state index in [1.54, 1.807) is 17.0 Å². The average Bonchev–Trinajstić information content (AvgIpc) is 3.62. The van der Waals surface area contributed by atoms with Crippen molar-refractivity contribution >= 4 is 29.4 Å². The van der Waals surface area contributed by atoms with Crippen LogP contribution in [0.25, 0.3) is 0 Å². The van der Waals surface area contributed by atoms with E-state index in [9.17, 15) is 9.59 Å². The van der Waals surface area contributed by atoms with Gasteiger partial charge in [0.1, 0.15) is 5.60 Å². The number of hydrogen-bond donors (Lipinski definition) is 1. The average molecular weight is 487 g/mol. The Morgan fingerprint density at radius 3 is 2.56 bits per heavy atom. The Kier molecular flexibility index (Phi) is 7.99. The highest BCUT2D eigenvalue weighted by Crippen LogP contribution is 2.40. The van der Waals surface area contributed by atoms with Crippen LogP contribution in [-0.4, -0.2) is 53.8 Å². The molecule has 2 saturated heterocycles. The number of benzene rings is 1. The molecular weight excluding hydrogens is 452 g/mol. The Labute approximate surface area is 207 Å². The van der Waals surface area contributed by atoms with Crippen molar-refractivity contribution in [1.82, 2.24) is 4.90 Å².